The predicted octanol–water partition coefficient (Wildman–Crippen LogP) is 4.12. The Morgan fingerprint density at radius 2 is 1.28 bits per heavy atom. The second-order valence-electron chi connectivity index (χ2n) is 6.09. The number of anilines is 1. The molecule has 0 aromatic heterocycles. The van der Waals surface area contributed by atoms with Gasteiger partial charge in [0.05, 0.1) is 5.56 Å². The summed E-state index contributed by atoms with van der Waals surface area (Å²) in [6, 6.07) is 22.6. The second-order valence-corrected chi connectivity index (χ2v) is 6.09. The Morgan fingerprint density at radius 3 is 2.04 bits per heavy atom. The lowest BCUT2D eigenvalue weighted by Gasteiger charge is -2.20. The van der Waals surface area contributed by atoms with Gasteiger partial charge in [0.1, 0.15) is 0 Å². The van der Waals surface area contributed by atoms with Gasteiger partial charge in [-0.3, -0.25) is 9.59 Å². The third-order valence-electron chi connectivity index (χ3n) is 4.52. The molecule has 3 aromatic rings. The van der Waals surface area contributed by atoms with Gasteiger partial charge in [-0.1, -0.05) is 66.7 Å². The van der Waals surface area contributed by atoms with Crippen LogP contribution >= 0.6 is 0 Å². The van der Waals surface area contributed by atoms with Crippen molar-refractivity contribution in [1.29, 1.82) is 0 Å². The molecule has 122 valence electrons. The van der Waals surface area contributed by atoms with Crippen LogP contribution in [0.5, 0.6) is 0 Å². The highest BCUT2D eigenvalue weighted by molar-refractivity contribution is 6.30. The topological polar surface area (TPSA) is 46.2 Å². The van der Waals surface area contributed by atoms with Gasteiger partial charge in [0.15, 0.2) is 11.6 Å². The number of rotatable bonds is 4. The maximum Gasteiger partial charge on any atom is 0.196 e. The molecular weight excluding hydrogens is 310 g/mol. The fourth-order valence-corrected chi connectivity index (χ4v) is 3.28. The molecule has 3 heteroatoms. The van der Waals surface area contributed by atoms with E-state index in [2.05, 4.69) is 17.4 Å². The Hall–Kier alpha value is -3.20. The van der Waals surface area contributed by atoms with Crippen LogP contribution in [0.4, 0.5) is 5.69 Å². The molecule has 1 aliphatic carbocycles. The van der Waals surface area contributed by atoms with Crippen LogP contribution in [0.25, 0.3) is 0 Å². The summed E-state index contributed by atoms with van der Waals surface area (Å²) in [7, 11) is 0. The van der Waals surface area contributed by atoms with Crippen molar-refractivity contribution >= 4 is 17.3 Å². The molecule has 25 heavy (non-hydrogen) atoms. The monoisotopic (exact) mass is 327 g/mol. The zero-order chi connectivity index (χ0) is 17.2. The Morgan fingerprint density at radius 1 is 0.640 bits per heavy atom. The summed E-state index contributed by atoms with van der Waals surface area (Å²) in [5.41, 5.74) is 3.89. The molecule has 0 saturated carbocycles. The minimum atomic E-state index is -0.0898. The lowest BCUT2D eigenvalue weighted by atomic mass is 9.83. The average Bonchev–Trinajstić information content (AvgIpc) is 2.67. The van der Waals surface area contributed by atoms with Crippen molar-refractivity contribution in [3.8, 4) is 0 Å². The molecule has 0 heterocycles. The number of hydrogen-bond acceptors (Lipinski definition) is 3. The van der Waals surface area contributed by atoms with Crippen LogP contribution in [-0.2, 0) is 6.42 Å². The van der Waals surface area contributed by atoms with Crippen LogP contribution in [0.3, 0.4) is 0 Å². The first kappa shape index (κ1) is 15.3. The van der Waals surface area contributed by atoms with Crippen LogP contribution in [0, 0.1) is 0 Å². The molecule has 0 atom stereocenters. The standard InChI is InChI=1S/C22H17NO2/c24-21-16-9-4-5-10-17(16)22(25)20-18(21)11-6-12-19(20)23-14-13-15-7-2-1-3-8-15/h1-12,23H,13-14H2. The van der Waals surface area contributed by atoms with E-state index in [1.807, 2.05) is 30.3 Å². The average molecular weight is 327 g/mol. The fraction of sp³-hybridized carbons (Fsp3) is 0.0909. The highest BCUT2D eigenvalue weighted by Crippen LogP contribution is 2.31. The molecule has 0 bridgehead atoms. The van der Waals surface area contributed by atoms with Crippen molar-refractivity contribution in [1.82, 2.24) is 0 Å². The molecule has 0 fully saturated rings. The summed E-state index contributed by atoms with van der Waals surface area (Å²) in [6.45, 7) is 0.698. The number of carbonyl (C=O) groups is 2. The summed E-state index contributed by atoms with van der Waals surface area (Å²) in [5.74, 6) is -0.176. The largest absolute Gasteiger partial charge is 0.384 e. The van der Waals surface area contributed by atoms with Gasteiger partial charge in [-0.15, -0.1) is 0 Å². The van der Waals surface area contributed by atoms with Crippen LogP contribution in [0.15, 0.2) is 72.8 Å². The number of benzene rings is 3. The van der Waals surface area contributed by atoms with Crippen molar-refractivity contribution in [2.24, 2.45) is 0 Å². The molecular formula is C22H17NO2. The Bertz CT molecular complexity index is 961. The van der Waals surface area contributed by atoms with E-state index in [0.717, 1.165) is 12.1 Å². The third-order valence-corrected chi connectivity index (χ3v) is 4.52. The van der Waals surface area contributed by atoms with Crippen molar-refractivity contribution in [3.05, 3.63) is 101 Å². The molecule has 0 radical (unpaired) electrons. The van der Waals surface area contributed by atoms with Crippen LogP contribution in [0.1, 0.15) is 37.4 Å². The molecule has 0 saturated heterocycles. The van der Waals surface area contributed by atoms with E-state index in [1.165, 1.54) is 5.56 Å². The number of nitrogens with one attached hydrogen (secondary N) is 1. The molecule has 0 aliphatic heterocycles. The summed E-state index contributed by atoms with van der Waals surface area (Å²) < 4.78 is 0. The van der Waals surface area contributed by atoms with Gasteiger partial charge < -0.3 is 5.32 Å². The van der Waals surface area contributed by atoms with E-state index in [-0.39, 0.29) is 11.6 Å². The zero-order valence-electron chi connectivity index (χ0n) is 13.7. The lowest BCUT2D eigenvalue weighted by Crippen LogP contribution is -2.22. The first-order valence-electron chi connectivity index (χ1n) is 8.35. The maximum absolute atomic E-state index is 12.9. The molecule has 1 aliphatic rings. The summed E-state index contributed by atoms with van der Waals surface area (Å²) >= 11 is 0. The Labute approximate surface area is 146 Å². The van der Waals surface area contributed by atoms with Gasteiger partial charge in [0.25, 0.3) is 0 Å². The van der Waals surface area contributed by atoms with Gasteiger partial charge in [0, 0.05) is 28.9 Å². The van der Waals surface area contributed by atoms with Gasteiger partial charge in [-0.05, 0) is 18.1 Å². The van der Waals surface area contributed by atoms with E-state index in [4.69, 9.17) is 0 Å². The molecule has 4 rings (SSSR count). The predicted molar refractivity (Wildman–Crippen MR) is 98.4 cm³/mol. The van der Waals surface area contributed by atoms with Crippen LogP contribution in [0.2, 0.25) is 0 Å². The smallest absolute Gasteiger partial charge is 0.196 e. The quantitative estimate of drug-likeness (QED) is 0.613. The summed E-state index contributed by atoms with van der Waals surface area (Å²) in [6.07, 6.45) is 0.850. The molecule has 0 unspecified atom stereocenters. The van der Waals surface area contributed by atoms with Crippen molar-refractivity contribution in [3.63, 3.8) is 0 Å². The summed E-state index contributed by atoms with van der Waals surface area (Å²) in [5, 5.41) is 3.33. The lowest BCUT2D eigenvalue weighted by molar-refractivity contribution is 0.0979. The van der Waals surface area contributed by atoms with E-state index in [9.17, 15) is 9.59 Å². The molecule has 3 nitrogen and oxygen atoms in total. The Balaban J connectivity index is 1.63. The van der Waals surface area contributed by atoms with E-state index < -0.39 is 0 Å². The summed E-state index contributed by atoms with van der Waals surface area (Å²) in [4.78, 5) is 25.6. The fourth-order valence-electron chi connectivity index (χ4n) is 3.28. The van der Waals surface area contributed by atoms with Crippen molar-refractivity contribution < 1.29 is 9.59 Å². The number of hydrogen-bond donors (Lipinski definition) is 1. The van der Waals surface area contributed by atoms with E-state index in [1.54, 1.807) is 30.3 Å². The zero-order valence-corrected chi connectivity index (χ0v) is 13.7. The SMILES string of the molecule is O=C1c2ccccc2C(=O)c2c(NCCc3ccccc3)cccc21. The highest BCUT2D eigenvalue weighted by atomic mass is 16.1. The number of carbonyl (C=O) groups excluding carboxylic acids is 2. The third kappa shape index (κ3) is 2.74. The van der Waals surface area contributed by atoms with Crippen molar-refractivity contribution in [2.75, 3.05) is 11.9 Å². The molecule has 1 N–H and O–H groups in total. The normalized spacial score (nSPS) is 12.5. The van der Waals surface area contributed by atoms with Gasteiger partial charge in [0.2, 0.25) is 0 Å². The van der Waals surface area contributed by atoms with Crippen LogP contribution < -0.4 is 5.32 Å². The number of fused-ring (bicyclic) bond motifs is 2. The number of ketones is 2. The van der Waals surface area contributed by atoms with Gasteiger partial charge in [-0.2, -0.15) is 0 Å². The van der Waals surface area contributed by atoms with Crippen molar-refractivity contribution in [2.45, 2.75) is 6.42 Å². The minimum absolute atomic E-state index is 0.0862. The Kier molecular flexibility index (Phi) is 3.90. The van der Waals surface area contributed by atoms with E-state index >= 15 is 0 Å². The van der Waals surface area contributed by atoms with Gasteiger partial charge >= 0.3 is 0 Å². The molecule has 0 amide bonds. The first-order chi connectivity index (χ1) is 12.3. The minimum Gasteiger partial charge on any atom is -0.384 e. The maximum atomic E-state index is 12.9. The molecule has 3 aromatic carbocycles. The second kappa shape index (κ2) is 6.36. The highest BCUT2D eigenvalue weighted by Gasteiger charge is 2.31. The molecule has 0 spiro atoms. The van der Waals surface area contributed by atoms with Gasteiger partial charge in [-0.25, -0.2) is 0 Å². The first-order valence-corrected chi connectivity index (χ1v) is 8.35. The van der Waals surface area contributed by atoms with Crippen LogP contribution in [-0.4, -0.2) is 18.1 Å². The van der Waals surface area contributed by atoms with E-state index in [0.29, 0.717) is 28.8 Å².